The Hall–Kier alpha value is -1.38. The van der Waals surface area contributed by atoms with Gasteiger partial charge in [-0.3, -0.25) is 4.68 Å². The van der Waals surface area contributed by atoms with E-state index < -0.39 is 0 Å². The SMILES string of the molecule is Cc1nn(C)c2nc(C(C)(C)C)ccc12. The predicted molar refractivity (Wildman–Crippen MR) is 61.9 cm³/mol. The molecule has 2 heterocycles. The van der Waals surface area contributed by atoms with Crippen LogP contribution in [-0.2, 0) is 12.5 Å². The van der Waals surface area contributed by atoms with E-state index in [1.54, 1.807) is 0 Å². The maximum Gasteiger partial charge on any atom is 0.158 e. The summed E-state index contributed by atoms with van der Waals surface area (Å²) in [5.74, 6) is 0. The molecule has 0 saturated heterocycles. The van der Waals surface area contributed by atoms with Gasteiger partial charge in [-0.1, -0.05) is 20.8 Å². The molecule has 15 heavy (non-hydrogen) atoms. The fraction of sp³-hybridized carbons (Fsp3) is 0.500. The van der Waals surface area contributed by atoms with Gasteiger partial charge in [0.2, 0.25) is 0 Å². The van der Waals surface area contributed by atoms with E-state index in [9.17, 15) is 0 Å². The molecule has 0 aliphatic heterocycles. The third-order valence-corrected chi connectivity index (χ3v) is 2.64. The Morgan fingerprint density at radius 1 is 1.20 bits per heavy atom. The zero-order valence-corrected chi connectivity index (χ0v) is 10.00. The standard InChI is InChI=1S/C12H17N3/c1-8-9-6-7-10(12(2,3)4)13-11(9)15(5)14-8/h6-7H,1-5H3. The second-order valence-electron chi connectivity index (χ2n) is 5.03. The van der Waals surface area contributed by atoms with Gasteiger partial charge in [-0.25, -0.2) is 4.98 Å². The summed E-state index contributed by atoms with van der Waals surface area (Å²) >= 11 is 0. The second-order valence-corrected chi connectivity index (χ2v) is 5.03. The minimum Gasteiger partial charge on any atom is -0.250 e. The minimum atomic E-state index is 0.0896. The first-order valence-corrected chi connectivity index (χ1v) is 5.20. The lowest BCUT2D eigenvalue weighted by atomic mass is 9.91. The maximum absolute atomic E-state index is 4.67. The second kappa shape index (κ2) is 3.05. The molecule has 0 aromatic carbocycles. The van der Waals surface area contributed by atoms with Crippen molar-refractivity contribution in [3.63, 3.8) is 0 Å². The van der Waals surface area contributed by atoms with E-state index in [0.717, 1.165) is 22.4 Å². The Kier molecular flexibility index (Phi) is 2.07. The normalized spacial score (nSPS) is 12.3. The van der Waals surface area contributed by atoms with Crippen molar-refractivity contribution in [2.24, 2.45) is 7.05 Å². The quantitative estimate of drug-likeness (QED) is 0.659. The van der Waals surface area contributed by atoms with Crippen molar-refractivity contribution in [3.05, 3.63) is 23.5 Å². The number of fused-ring (bicyclic) bond motifs is 1. The number of rotatable bonds is 0. The Balaban J connectivity index is 2.71. The molecule has 2 aromatic heterocycles. The molecule has 0 amide bonds. The maximum atomic E-state index is 4.67. The topological polar surface area (TPSA) is 30.7 Å². The number of hydrogen-bond acceptors (Lipinski definition) is 2. The van der Waals surface area contributed by atoms with E-state index in [2.05, 4.69) is 43.0 Å². The molecular formula is C12H17N3. The molecule has 0 saturated carbocycles. The van der Waals surface area contributed by atoms with Crippen molar-refractivity contribution in [3.8, 4) is 0 Å². The summed E-state index contributed by atoms with van der Waals surface area (Å²) in [6, 6.07) is 4.21. The summed E-state index contributed by atoms with van der Waals surface area (Å²) in [6.07, 6.45) is 0. The molecule has 0 atom stereocenters. The number of hydrogen-bond donors (Lipinski definition) is 0. The zero-order valence-electron chi connectivity index (χ0n) is 10.00. The van der Waals surface area contributed by atoms with Gasteiger partial charge in [-0.15, -0.1) is 0 Å². The van der Waals surface area contributed by atoms with Gasteiger partial charge in [0, 0.05) is 23.5 Å². The van der Waals surface area contributed by atoms with Crippen LogP contribution in [0.5, 0.6) is 0 Å². The van der Waals surface area contributed by atoms with E-state index in [0.29, 0.717) is 0 Å². The fourth-order valence-electron chi connectivity index (χ4n) is 1.72. The molecule has 0 radical (unpaired) electrons. The van der Waals surface area contributed by atoms with Crippen LogP contribution >= 0.6 is 0 Å². The van der Waals surface area contributed by atoms with Crippen LogP contribution in [-0.4, -0.2) is 14.8 Å². The first kappa shape index (κ1) is 10.1. The average molecular weight is 203 g/mol. The summed E-state index contributed by atoms with van der Waals surface area (Å²) < 4.78 is 1.85. The van der Waals surface area contributed by atoms with Crippen LogP contribution in [0.1, 0.15) is 32.2 Å². The Morgan fingerprint density at radius 3 is 2.47 bits per heavy atom. The van der Waals surface area contributed by atoms with Crippen molar-refractivity contribution < 1.29 is 0 Å². The molecule has 0 aliphatic rings. The van der Waals surface area contributed by atoms with Crippen molar-refractivity contribution >= 4 is 11.0 Å². The Bertz CT molecular complexity index is 503. The van der Waals surface area contributed by atoms with Crippen molar-refractivity contribution in [2.45, 2.75) is 33.1 Å². The lowest BCUT2D eigenvalue weighted by Gasteiger charge is -2.17. The van der Waals surface area contributed by atoms with Gasteiger partial charge >= 0.3 is 0 Å². The third-order valence-electron chi connectivity index (χ3n) is 2.64. The molecule has 0 unspecified atom stereocenters. The average Bonchev–Trinajstić information content (AvgIpc) is 2.41. The van der Waals surface area contributed by atoms with E-state index in [4.69, 9.17) is 0 Å². The number of aryl methyl sites for hydroxylation is 2. The molecule has 0 bridgehead atoms. The highest BCUT2D eigenvalue weighted by Gasteiger charge is 2.17. The number of aromatic nitrogens is 3. The van der Waals surface area contributed by atoms with Crippen molar-refractivity contribution in [1.82, 2.24) is 14.8 Å². The van der Waals surface area contributed by atoms with E-state index >= 15 is 0 Å². The third kappa shape index (κ3) is 1.62. The molecule has 3 nitrogen and oxygen atoms in total. The predicted octanol–water partition coefficient (Wildman–Crippen LogP) is 2.57. The summed E-state index contributed by atoms with van der Waals surface area (Å²) in [5.41, 5.74) is 3.21. The number of nitrogens with zero attached hydrogens (tertiary/aromatic N) is 3. The van der Waals surface area contributed by atoms with Crippen LogP contribution in [0.3, 0.4) is 0 Å². The summed E-state index contributed by atoms with van der Waals surface area (Å²) in [7, 11) is 1.94. The van der Waals surface area contributed by atoms with E-state index in [1.807, 2.05) is 18.7 Å². The zero-order chi connectivity index (χ0) is 11.2. The monoisotopic (exact) mass is 203 g/mol. The minimum absolute atomic E-state index is 0.0896. The largest absolute Gasteiger partial charge is 0.250 e. The molecule has 80 valence electrons. The summed E-state index contributed by atoms with van der Waals surface area (Å²) in [6.45, 7) is 8.53. The van der Waals surface area contributed by atoms with Crippen LogP contribution < -0.4 is 0 Å². The van der Waals surface area contributed by atoms with Crippen molar-refractivity contribution in [1.29, 1.82) is 0 Å². The van der Waals surface area contributed by atoms with E-state index in [-0.39, 0.29) is 5.41 Å². The van der Waals surface area contributed by atoms with Crippen LogP contribution in [0.4, 0.5) is 0 Å². The molecule has 0 aliphatic carbocycles. The van der Waals surface area contributed by atoms with Gasteiger partial charge in [0.15, 0.2) is 5.65 Å². The van der Waals surface area contributed by atoms with Crippen LogP contribution in [0, 0.1) is 6.92 Å². The molecule has 2 aromatic rings. The highest BCUT2D eigenvalue weighted by molar-refractivity contribution is 5.78. The Morgan fingerprint density at radius 2 is 1.87 bits per heavy atom. The first-order valence-electron chi connectivity index (χ1n) is 5.20. The molecule has 0 spiro atoms. The molecule has 3 heteroatoms. The summed E-state index contributed by atoms with van der Waals surface area (Å²) in [5, 5.41) is 5.51. The Labute approximate surface area is 90.1 Å². The van der Waals surface area contributed by atoms with Crippen molar-refractivity contribution in [2.75, 3.05) is 0 Å². The van der Waals surface area contributed by atoms with Gasteiger partial charge < -0.3 is 0 Å². The molecular weight excluding hydrogens is 186 g/mol. The highest BCUT2D eigenvalue weighted by atomic mass is 15.3. The highest BCUT2D eigenvalue weighted by Crippen LogP contribution is 2.23. The molecule has 0 fully saturated rings. The lowest BCUT2D eigenvalue weighted by Crippen LogP contribution is -2.13. The number of pyridine rings is 1. The van der Waals surface area contributed by atoms with Crippen LogP contribution in [0.25, 0.3) is 11.0 Å². The van der Waals surface area contributed by atoms with Crippen LogP contribution in [0.2, 0.25) is 0 Å². The molecule has 0 N–H and O–H groups in total. The first-order chi connectivity index (χ1) is 6.89. The van der Waals surface area contributed by atoms with Crippen LogP contribution in [0.15, 0.2) is 12.1 Å². The van der Waals surface area contributed by atoms with Gasteiger partial charge in [-0.2, -0.15) is 5.10 Å². The van der Waals surface area contributed by atoms with E-state index in [1.165, 1.54) is 0 Å². The lowest BCUT2D eigenvalue weighted by molar-refractivity contribution is 0.569. The van der Waals surface area contributed by atoms with Gasteiger partial charge in [-0.05, 0) is 19.1 Å². The van der Waals surface area contributed by atoms with Gasteiger partial charge in [0.1, 0.15) is 0 Å². The fourth-order valence-corrected chi connectivity index (χ4v) is 1.72. The smallest absolute Gasteiger partial charge is 0.158 e. The summed E-state index contributed by atoms with van der Waals surface area (Å²) in [4.78, 5) is 4.67. The van der Waals surface area contributed by atoms with Gasteiger partial charge in [0.25, 0.3) is 0 Å². The molecule has 2 rings (SSSR count). The van der Waals surface area contributed by atoms with Gasteiger partial charge in [0.05, 0.1) is 5.69 Å².